The second-order valence-corrected chi connectivity index (χ2v) is 7.54. The summed E-state index contributed by atoms with van der Waals surface area (Å²) in [6.07, 6.45) is 0.496. The van der Waals surface area contributed by atoms with Crippen molar-refractivity contribution in [3.05, 3.63) is 34.4 Å². The molecule has 0 aromatic carbocycles. The molecule has 0 radical (unpaired) electrons. The maximum atomic E-state index is 12.0. The van der Waals surface area contributed by atoms with Crippen LogP contribution in [0.5, 0.6) is 0 Å². The fourth-order valence-electron chi connectivity index (χ4n) is 1.73. The molecule has 0 aliphatic heterocycles. The van der Waals surface area contributed by atoms with Crippen LogP contribution in [-0.4, -0.2) is 19.9 Å². The second-order valence-electron chi connectivity index (χ2n) is 4.25. The van der Waals surface area contributed by atoms with Gasteiger partial charge in [0.1, 0.15) is 9.97 Å². The minimum absolute atomic E-state index is 0.300. The van der Waals surface area contributed by atoms with Crippen LogP contribution >= 0.6 is 11.3 Å². The van der Waals surface area contributed by atoms with Crippen molar-refractivity contribution >= 4 is 21.4 Å². The van der Waals surface area contributed by atoms with Gasteiger partial charge in [-0.05, 0) is 26.0 Å². The number of hydrogen-bond acceptors (Lipinski definition) is 5. The Labute approximate surface area is 116 Å². The Bertz CT molecular complexity index is 671. The quantitative estimate of drug-likeness (QED) is 0.918. The first kappa shape index (κ1) is 14.2. The Morgan fingerprint density at radius 3 is 2.58 bits per heavy atom. The minimum Gasteiger partial charge on any atom is -0.446 e. The van der Waals surface area contributed by atoms with Gasteiger partial charge in [-0.15, -0.1) is 11.3 Å². The first-order chi connectivity index (χ1) is 8.88. The molecule has 0 saturated heterocycles. The van der Waals surface area contributed by atoms with Gasteiger partial charge in [-0.3, -0.25) is 0 Å². The fraction of sp³-hybridized carbons (Fsp3) is 0.417. The summed E-state index contributed by atoms with van der Waals surface area (Å²) in [4.78, 5) is 5.12. The van der Waals surface area contributed by atoms with Gasteiger partial charge in [0.05, 0.1) is 5.69 Å². The van der Waals surface area contributed by atoms with E-state index in [1.165, 1.54) is 11.3 Å². The molecule has 2 heterocycles. The van der Waals surface area contributed by atoms with E-state index in [1.807, 2.05) is 13.8 Å². The van der Waals surface area contributed by atoms with Crippen LogP contribution in [0.1, 0.15) is 22.2 Å². The first-order valence-electron chi connectivity index (χ1n) is 5.87. The predicted octanol–water partition coefficient (Wildman–Crippen LogP) is 2.18. The molecule has 1 N–H and O–H groups in total. The zero-order valence-electron chi connectivity index (χ0n) is 11.1. The standard InChI is InChI=1S/C12H16N2O3S2/c1-8-4-5-12(18-8)19(15,16)13-7-6-11-9(2)14-10(3)17-11/h4-5,13H,6-7H2,1-3H3. The van der Waals surface area contributed by atoms with Crippen molar-refractivity contribution in [1.29, 1.82) is 0 Å². The average Bonchev–Trinajstić information content (AvgIpc) is 2.86. The molecule has 0 aliphatic carbocycles. The highest BCUT2D eigenvalue weighted by Crippen LogP contribution is 2.20. The molecule has 0 aliphatic rings. The van der Waals surface area contributed by atoms with Gasteiger partial charge in [-0.1, -0.05) is 0 Å². The summed E-state index contributed by atoms with van der Waals surface area (Å²) in [7, 11) is -3.41. The summed E-state index contributed by atoms with van der Waals surface area (Å²) in [5.74, 6) is 1.33. The lowest BCUT2D eigenvalue weighted by atomic mass is 10.3. The normalized spacial score (nSPS) is 11.9. The number of rotatable bonds is 5. The fourth-order valence-corrected chi connectivity index (χ4v) is 4.09. The van der Waals surface area contributed by atoms with E-state index in [-0.39, 0.29) is 0 Å². The number of aromatic nitrogens is 1. The largest absolute Gasteiger partial charge is 0.446 e. The molecule has 2 aromatic heterocycles. The van der Waals surface area contributed by atoms with Crippen LogP contribution in [0.15, 0.2) is 20.8 Å². The lowest BCUT2D eigenvalue weighted by Gasteiger charge is -2.03. The van der Waals surface area contributed by atoms with E-state index in [0.29, 0.717) is 23.1 Å². The Morgan fingerprint density at radius 1 is 1.32 bits per heavy atom. The Morgan fingerprint density at radius 2 is 2.05 bits per heavy atom. The summed E-state index contributed by atoms with van der Waals surface area (Å²) in [6.45, 7) is 5.80. The summed E-state index contributed by atoms with van der Waals surface area (Å²) in [5, 5.41) is 0. The third kappa shape index (κ3) is 3.43. The summed E-state index contributed by atoms with van der Waals surface area (Å²) in [5.41, 5.74) is 0.809. The third-order valence-electron chi connectivity index (χ3n) is 2.62. The van der Waals surface area contributed by atoms with Crippen LogP contribution < -0.4 is 4.72 Å². The summed E-state index contributed by atoms with van der Waals surface area (Å²) >= 11 is 1.26. The van der Waals surface area contributed by atoms with E-state index in [0.717, 1.165) is 16.3 Å². The van der Waals surface area contributed by atoms with E-state index >= 15 is 0 Å². The lowest BCUT2D eigenvalue weighted by Crippen LogP contribution is -2.25. The molecular formula is C12H16N2O3S2. The molecular weight excluding hydrogens is 284 g/mol. The van der Waals surface area contributed by atoms with Gasteiger partial charge < -0.3 is 4.42 Å². The zero-order chi connectivity index (χ0) is 14.0. The van der Waals surface area contributed by atoms with E-state index in [2.05, 4.69) is 9.71 Å². The molecule has 0 saturated carbocycles. The van der Waals surface area contributed by atoms with Crippen LogP contribution in [0, 0.1) is 20.8 Å². The molecule has 0 spiro atoms. The van der Waals surface area contributed by atoms with Gasteiger partial charge >= 0.3 is 0 Å². The average molecular weight is 300 g/mol. The van der Waals surface area contributed by atoms with Crippen LogP contribution in [0.25, 0.3) is 0 Å². The number of oxazole rings is 1. The smallest absolute Gasteiger partial charge is 0.250 e. The predicted molar refractivity (Wildman–Crippen MR) is 73.9 cm³/mol. The lowest BCUT2D eigenvalue weighted by molar-refractivity contribution is 0.472. The molecule has 2 aromatic rings. The van der Waals surface area contributed by atoms with Crippen molar-refractivity contribution in [1.82, 2.24) is 9.71 Å². The second kappa shape index (κ2) is 5.44. The van der Waals surface area contributed by atoms with Crippen molar-refractivity contribution in [3.8, 4) is 0 Å². The van der Waals surface area contributed by atoms with Crippen LogP contribution in [0.3, 0.4) is 0 Å². The van der Waals surface area contributed by atoms with Gasteiger partial charge in [-0.2, -0.15) is 0 Å². The topological polar surface area (TPSA) is 72.2 Å². The van der Waals surface area contributed by atoms with Gasteiger partial charge in [-0.25, -0.2) is 18.1 Å². The summed E-state index contributed by atoms with van der Waals surface area (Å²) in [6, 6.07) is 3.41. The van der Waals surface area contributed by atoms with Gasteiger partial charge in [0.2, 0.25) is 10.0 Å². The number of nitrogens with one attached hydrogen (secondary N) is 1. The molecule has 2 rings (SSSR count). The van der Waals surface area contributed by atoms with Crippen molar-refractivity contribution in [2.45, 2.75) is 31.4 Å². The summed E-state index contributed by atoms with van der Waals surface area (Å²) < 4.78 is 32.3. The Balaban J connectivity index is 1.97. The molecule has 7 heteroatoms. The van der Waals surface area contributed by atoms with Crippen molar-refractivity contribution < 1.29 is 12.8 Å². The number of aryl methyl sites for hydroxylation is 3. The maximum absolute atomic E-state index is 12.0. The zero-order valence-corrected chi connectivity index (χ0v) is 12.7. The number of sulfonamides is 1. The Kier molecular flexibility index (Phi) is 4.07. The van der Waals surface area contributed by atoms with E-state index in [9.17, 15) is 8.42 Å². The molecule has 19 heavy (non-hydrogen) atoms. The number of nitrogens with zero attached hydrogens (tertiary/aromatic N) is 1. The highest BCUT2D eigenvalue weighted by Gasteiger charge is 2.16. The maximum Gasteiger partial charge on any atom is 0.250 e. The van der Waals surface area contributed by atoms with Crippen molar-refractivity contribution in [2.24, 2.45) is 0 Å². The number of hydrogen-bond donors (Lipinski definition) is 1. The first-order valence-corrected chi connectivity index (χ1v) is 8.17. The van der Waals surface area contributed by atoms with Crippen LogP contribution in [-0.2, 0) is 16.4 Å². The van der Waals surface area contributed by atoms with Crippen LogP contribution in [0.2, 0.25) is 0 Å². The van der Waals surface area contributed by atoms with Crippen molar-refractivity contribution in [2.75, 3.05) is 6.54 Å². The molecule has 5 nitrogen and oxygen atoms in total. The minimum atomic E-state index is -3.41. The van der Waals surface area contributed by atoms with Gasteiger partial charge in [0.15, 0.2) is 5.89 Å². The molecule has 0 fully saturated rings. The van der Waals surface area contributed by atoms with Gasteiger partial charge in [0, 0.05) is 24.8 Å². The van der Waals surface area contributed by atoms with Crippen molar-refractivity contribution in [3.63, 3.8) is 0 Å². The highest BCUT2D eigenvalue weighted by atomic mass is 32.2. The van der Waals surface area contributed by atoms with Gasteiger partial charge in [0.25, 0.3) is 0 Å². The van der Waals surface area contributed by atoms with E-state index < -0.39 is 10.0 Å². The Hall–Kier alpha value is -1.18. The molecule has 0 atom stereocenters. The monoisotopic (exact) mass is 300 g/mol. The van der Waals surface area contributed by atoms with E-state index in [1.54, 1.807) is 19.1 Å². The third-order valence-corrected chi connectivity index (χ3v) is 5.58. The molecule has 0 bridgehead atoms. The van der Waals surface area contributed by atoms with E-state index in [4.69, 9.17) is 4.42 Å². The van der Waals surface area contributed by atoms with Crippen LogP contribution in [0.4, 0.5) is 0 Å². The molecule has 0 unspecified atom stereocenters. The molecule has 104 valence electrons. The SMILES string of the molecule is Cc1nc(C)c(CCNS(=O)(=O)c2ccc(C)s2)o1. The number of thiophene rings is 1. The molecule has 0 amide bonds. The highest BCUT2D eigenvalue weighted by molar-refractivity contribution is 7.91.